The molecule has 3 heterocycles. The molecule has 9 heteroatoms. The highest BCUT2D eigenvalue weighted by molar-refractivity contribution is 8.13. The molecule has 2 aromatic heterocycles. The van der Waals surface area contributed by atoms with Gasteiger partial charge in [0.05, 0.1) is 0 Å². The van der Waals surface area contributed by atoms with Gasteiger partial charge in [0.1, 0.15) is 4.88 Å². The van der Waals surface area contributed by atoms with E-state index >= 15 is 0 Å². The van der Waals surface area contributed by atoms with Gasteiger partial charge in [-0.05, 0) is 41.3 Å². The normalized spacial score (nSPS) is 14.1. The van der Waals surface area contributed by atoms with E-state index in [1.807, 2.05) is 45.7 Å². The van der Waals surface area contributed by atoms with E-state index < -0.39 is 5.97 Å². The third-order valence-electron chi connectivity index (χ3n) is 5.13. The maximum atomic E-state index is 12.5. The maximum absolute atomic E-state index is 12.5. The molecule has 176 valence electrons. The van der Waals surface area contributed by atoms with Gasteiger partial charge in [0.15, 0.2) is 0 Å². The molecule has 1 aliphatic rings. The fraction of sp³-hybridized carbons (Fsp3) is 0.280. The first-order valence-corrected chi connectivity index (χ1v) is 14.7. The summed E-state index contributed by atoms with van der Waals surface area (Å²) in [7, 11) is 0. The summed E-state index contributed by atoms with van der Waals surface area (Å²) in [5.41, 5.74) is 3.31. The van der Waals surface area contributed by atoms with Gasteiger partial charge < -0.3 is 5.11 Å². The van der Waals surface area contributed by atoms with E-state index in [0.717, 1.165) is 46.4 Å². The highest BCUT2D eigenvalue weighted by Gasteiger charge is 2.26. The number of carbonyl (C=O) groups excluding carboxylic acids is 1. The highest BCUT2D eigenvalue weighted by atomic mass is 32.2. The Bertz CT molecular complexity index is 1180. The van der Waals surface area contributed by atoms with E-state index in [4.69, 9.17) is 5.11 Å². The molecule has 1 amide bonds. The second-order valence-corrected chi connectivity index (χ2v) is 11.6. The van der Waals surface area contributed by atoms with Gasteiger partial charge in [0.25, 0.3) is 5.24 Å². The number of carbonyl (C=O) groups is 2. The second-order valence-electron chi connectivity index (χ2n) is 7.53. The molecular weight excluding hydrogens is 505 g/mol. The van der Waals surface area contributed by atoms with Crippen LogP contribution in [0.4, 0.5) is 4.79 Å². The quantitative estimate of drug-likeness (QED) is 0.281. The lowest BCUT2D eigenvalue weighted by Crippen LogP contribution is -2.51. The van der Waals surface area contributed by atoms with Crippen LogP contribution in [0.15, 0.2) is 53.2 Å². The molecule has 1 aliphatic heterocycles. The highest BCUT2D eigenvalue weighted by Crippen LogP contribution is 2.23. The Hall–Kier alpha value is -2.22. The molecule has 4 rings (SSSR count). The number of hydrogen-bond donors (Lipinski definition) is 1. The number of hydrogen-bond acceptors (Lipinski definition) is 7. The smallest absolute Gasteiger partial charge is 0.345 e. The molecule has 0 atom stereocenters. The van der Waals surface area contributed by atoms with Gasteiger partial charge in [-0.2, -0.15) is 23.1 Å². The van der Waals surface area contributed by atoms with E-state index in [1.54, 1.807) is 17.4 Å². The summed E-state index contributed by atoms with van der Waals surface area (Å²) >= 11 is 6.13. The number of thiophene rings is 2. The van der Waals surface area contributed by atoms with Crippen molar-refractivity contribution in [2.24, 2.45) is 0 Å². The Morgan fingerprint density at radius 2 is 2.00 bits per heavy atom. The third-order valence-corrected chi connectivity index (χ3v) is 8.80. The van der Waals surface area contributed by atoms with Crippen LogP contribution in [0.5, 0.6) is 0 Å². The molecule has 3 aromatic rings. The molecule has 1 fully saturated rings. The second kappa shape index (κ2) is 12.5. The van der Waals surface area contributed by atoms with Gasteiger partial charge in [0, 0.05) is 64.7 Å². The Kier molecular flexibility index (Phi) is 9.13. The molecule has 0 unspecified atom stereocenters. The van der Waals surface area contributed by atoms with Crippen molar-refractivity contribution < 1.29 is 14.7 Å². The lowest BCUT2D eigenvalue weighted by Gasteiger charge is -2.37. The lowest BCUT2D eigenvalue weighted by molar-refractivity contribution is 0.0349. The number of aromatic carboxylic acids is 1. The minimum atomic E-state index is -0.903. The largest absolute Gasteiger partial charge is 0.477 e. The molecule has 1 saturated heterocycles. The van der Waals surface area contributed by atoms with E-state index in [0.29, 0.717) is 17.8 Å². The Balaban J connectivity index is 1.26. The zero-order valence-electron chi connectivity index (χ0n) is 18.4. The Morgan fingerprint density at radius 1 is 1.12 bits per heavy atom. The van der Waals surface area contributed by atoms with E-state index in [2.05, 4.69) is 35.0 Å². The van der Waals surface area contributed by atoms with E-state index in [9.17, 15) is 9.59 Å². The summed E-state index contributed by atoms with van der Waals surface area (Å²) in [6, 6.07) is 13.9. The minimum absolute atomic E-state index is 0.0724. The van der Waals surface area contributed by atoms with Gasteiger partial charge in [-0.3, -0.25) is 9.80 Å². The van der Waals surface area contributed by atoms with Crippen LogP contribution < -0.4 is 0 Å². The number of rotatable bonds is 9. The minimum Gasteiger partial charge on any atom is -0.477 e. The van der Waals surface area contributed by atoms with Crippen LogP contribution in [-0.4, -0.2) is 57.5 Å². The van der Waals surface area contributed by atoms with Gasteiger partial charge in [-0.1, -0.05) is 35.7 Å². The fourth-order valence-corrected chi connectivity index (χ4v) is 6.59. The first-order chi connectivity index (χ1) is 16.6. The predicted molar refractivity (Wildman–Crippen MR) is 144 cm³/mol. The third kappa shape index (κ3) is 7.14. The summed E-state index contributed by atoms with van der Waals surface area (Å²) in [6.07, 6.45) is 0.660. The van der Waals surface area contributed by atoms with Crippen molar-refractivity contribution in [3.63, 3.8) is 0 Å². The maximum Gasteiger partial charge on any atom is 0.345 e. The molecule has 1 N–H and O–H groups in total. The van der Waals surface area contributed by atoms with Crippen molar-refractivity contribution in [1.82, 2.24) is 10.0 Å². The van der Waals surface area contributed by atoms with Crippen molar-refractivity contribution in [2.75, 3.05) is 31.1 Å². The van der Waals surface area contributed by atoms with Crippen LogP contribution in [0.25, 0.3) is 0 Å². The summed E-state index contributed by atoms with van der Waals surface area (Å²) < 4.78 is 0. The van der Waals surface area contributed by atoms with Crippen LogP contribution >= 0.6 is 46.2 Å². The molecule has 0 radical (unpaired) electrons. The van der Waals surface area contributed by atoms with Crippen LogP contribution in [0, 0.1) is 11.8 Å². The SMILES string of the molecule is O=C(O)c1ccc(CCN2C(=O)SCCN2CCSCc2cccc(C#Cc3ccsc3)c2)s1. The number of amides is 1. The molecule has 5 nitrogen and oxygen atoms in total. The van der Waals surface area contributed by atoms with E-state index in [1.165, 1.54) is 28.7 Å². The molecule has 0 saturated carbocycles. The number of nitrogens with zero attached hydrogens (tertiary/aromatic N) is 2. The molecule has 0 aliphatic carbocycles. The Morgan fingerprint density at radius 3 is 2.79 bits per heavy atom. The van der Waals surface area contributed by atoms with Gasteiger partial charge in [-0.15, -0.1) is 11.3 Å². The molecule has 0 bridgehead atoms. The Labute approximate surface area is 216 Å². The molecule has 0 spiro atoms. The standard InChI is InChI=1S/C25H24N2O3S4/c28-24(29)23-7-6-22(34-23)8-10-27-25(30)33-15-12-26(27)11-14-32-18-21-3-1-2-19(16-21)4-5-20-9-13-31-17-20/h1-3,6-7,9,13,16-17H,8,10-12,14-15,18H2,(H,28,29). The number of thioether (sulfide) groups is 2. The summed E-state index contributed by atoms with van der Waals surface area (Å²) in [6.45, 7) is 2.22. The molecule has 34 heavy (non-hydrogen) atoms. The van der Waals surface area contributed by atoms with Crippen molar-refractivity contribution in [1.29, 1.82) is 0 Å². The number of carboxylic acids is 1. The van der Waals surface area contributed by atoms with Crippen LogP contribution in [-0.2, 0) is 12.2 Å². The first kappa shape index (κ1) is 24.9. The zero-order valence-corrected chi connectivity index (χ0v) is 21.7. The first-order valence-electron chi connectivity index (χ1n) is 10.8. The average Bonchev–Trinajstić information content (AvgIpc) is 3.53. The van der Waals surface area contributed by atoms with Gasteiger partial charge in [-0.25, -0.2) is 9.80 Å². The molecular formula is C25H24N2O3S4. The monoisotopic (exact) mass is 528 g/mol. The van der Waals surface area contributed by atoms with E-state index in [-0.39, 0.29) is 5.24 Å². The van der Waals surface area contributed by atoms with Crippen LogP contribution in [0.3, 0.4) is 0 Å². The molecule has 1 aromatic carbocycles. The summed E-state index contributed by atoms with van der Waals surface area (Å²) in [4.78, 5) is 24.9. The average molecular weight is 529 g/mol. The predicted octanol–water partition coefficient (Wildman–Crippen LogP) is 5.77. The summed E-state index contributed by atoms with van der Waals surface area (Å²) in [5.74, 6) is 8.15. The number of hydrazine groups is 1. The van der Waals surface area contributed by atoms with Crippen LogP contribution in [0.1, 0.15) is 31.2 Å². The van der Waals surface area contributed by atoms with Crippen molar-refractivity contribution in [3.8, 4) is 11.8 Å². The number of carboxylic acid groups (broad SMARTS) is 1. The van der Waals surface area contributed by atoms with Crippen molar-refractivity contribution in [2.45, 2.75) is 12.2 Å². The fourth-order valence-electron chi connectivity index (χ4n) is 3.44. The lowest BCUT2D eigenvalue weighted by atomic mass is 10.1. The van der Waals surface area contributed by atoms with Crippen LogP contribution in [0.2, 0.25) is 0 Å². The van der Waals surface area contributed by atoms with Crippen molar-refractivity contribution in [3.05, 3.63) is 79.7 Å². The van der Waals surface area contributed by atoms with Gasteiger partial charge in [0.2, 0.25) is 0 Å². The summed E-state index contributed by atoms with van der Waals surface area (Å²) in [5, 5.41) is 17.2. The topological polar surface area (TPSA) is 60.9 Å². The zero-order chi connectivity index (χ0) is 23.8. The van der Waals surface area contributed by atoms with Crippen molar-refractivity contribution >= 4 is 57.4 Å². The van der Waals surface area contributed by atoms with Gasteiger partial charge >= 0.3 is 5.97 Å². The number of benzene rings is 1.